The van der Waals surface area contributed by atoms with Crippen LogP contribution in [0.2, 0.25) is 5.02 Å². The first-order valence-corrected chi connectivity index (χ1v) is 10.4. The number of rotatable bonds is 5. The van der Waals surface area contributed by atoms with Crippen LogP contribution in [-0.2, 0) is 6.54 Å². The zero-order valence-electron chi connectivity index (χ0n) is 15.8. The number of halogens is 1. The molecule has 0 bridgehead atoms. The lowest BCUT2D eigenvalue weighted by Crippen LogP contribution is -2.14. The number of hydrogen-bond donors (Lipinski definition) is 2. The predicted octanol–water partition coefficient (Wildman–Crippen LogP) is 4.67. The molecule has 0 atom stereocenters. The lowest BCUT2D eigenvalue weighted by atomic mass is 10.3. The van der Waals surface area contributed by atoms with Gasteiger partial charge in [-0.3, -0.25) is 0 Å². The molecule has 2 N–H and O–H groups in total. The van der Waals surface area contributed by atoms with Crippen molar-refractivity contribution in [2.45, 2.75) is 6.54 Å². The third-order valence-electron chi connectivity index (χ3n) is 4.69. The second-order valence-corrected chi connectivity index (χ2v) is 8.06. The number of imidazole rings is 2. The molecule has 5 aromatic rings. The van der Waals surface area contributed by atoms with Gasteiger partial charge in [0.25, 0.3) is 0 Å². The summed E-state index contributed by atoms with van der Waals surface area (Å²) < 4.78 is 1.88. The Bertz CT molecular complexity index is 1300. The molecule has 0 radical (unpaired) electrons. The van der Waals surface area contributed by atoms with Gasteiger partial charge in [0, 0.05) is 31.1 Å². The number of benzene rings is 1. The average molecular weight is 424 g/mol. The molecule has 5 rings (SSSR count). The highest BCUT2D eigenvalue weighted by atomic mass is 35.5. The van der Waals surface area contributed by atoms with E-state index >= 15 is 0 Å². The molecule has 0 aliphatic rings. The van der Waals surface area contributed by atoms with Gasteiger partial charge in [-0.05, 0) is 23.6 Å². The zero-order valence-corrected chi connectivity index (χ0v) is 17.4. The van der Waals surface area contributed by atoms with Crippen LogP contribution in [0.25, 0.3) is 27.9 Å². The summed E-state index contributed by atoms with van der Waals surface area (Å²) in [4.78, 5) is 14.5. The number of thiophene rings is 1. The maximum Gasteiger partial charge on any atom is 0.177 e. The maximum atomic E-state index is 6.25. The molecule has 29 heavy (non-hydrogen) atoms. The molecule has 146 valence electrons. The van der Waals surface area contributed by atoms with E-state index in [0.29, 0.717) is 11.6 Å². The van der Waals surface area contributed by atoms with Crippen molar-refractivity contribution >= 4 is 51.1 Å². The summed E-state index contributed by atoms with van der Waals surface area (Å²) in [5.41, 5.74) is 5.42. The lowest BCUT2D eigenvalue weighted by molar-refractivity contribution is 0.903. The fourth-order valence-electron chi connectivity index (χ4n) is 3.22. The Morgan fingerprint density at radius 3 is 2.93 bits per heavy atom. The normalized spacial score (nSPS) is 11.4. The van der Waals surface area contributed by atoms with Gasteiger partial charge in [-0.1, -0.05) is 17.7 Å². The van der Waals surface area contributed by atoms with Crippen molar-refractivity contribution in [2.24, 2.45) is 0 Å². The molecule has 0 aliphatic heterocycles. The second-order valence-electron chi connectivity index (χ2n) is 6.87. The largest absolute Gasteiger partial charge is 0.375 e. The molecule has 0 spiro atoms. The van der Waals surface area contributed by atoms with E-state index in [1.807, 2.05) is 54.0 Å². The van der Waals surface area contributed by atoms with E-state index < -0.39 is 0 Å². The number of H-pyrrole nitrogens is 1. The van der Waals surface area contributed by atoms with Crippen LogP contribution in [-0.4, -0.2) is 38.7 Å². The minimum absolute atomic E-state index is 0.512. The SMILES string of the molecule is CN(C)c1cc(NCc2nc3cccc(Cl)c3[nH]2)c2ncc(-c3ccsc3)n2n1. The number of nitrogens with one attached hydrogen (secondary N) is 2. The Balaban J connectivity index is 1.53. The van der Waals surface area contributed by atoms with E-state index in [0.717, 1.165) is 45.3 Å². The van der Waals surface area contributed by atoms with Gasteiger partial charge < -0.3 is 15.2 Å². The molecule has 4 aromatic heterocycles. The molecular weight excluding hydrogens is 406 g/mol. The third-order valence-corrected chi connectivity index (χ3v) is 5.69. The van der Waals surface area contributed by atoms with Gasteiger partial charge in [-0.15, -0.1) is 5.10 Å². The number of nitrogens with zero attached hydrogens (tertiary/aromatic N) is 5. The van der Waals surface area contributed by atoms with Gasteiger partial charge >= 0.3 is 0 Å². The fraction of sp³-hybridized carbons (Fsp3) is 0.150. The van der Waals surface area contributed by atoms with Crippen molar-refractivity contribution in [2.75, 3.05) is 24.3 Å². The molecule has 7 nitrogen and oxygen atoms in total. The minimum atomic E-state index is 0.512. The maximum absolute atomic E-state index is 6.25. The first-order chi connectivity index (χ1) is 14.1. The topological polar surface area (TPSA) is 74.1 Å². The third kappa shape index (κ3) is 3.20. The van der Waals surface area contributed by atoms with Crippen molar-refractivity contribution in [1.29, 1.82) is 0 Å². The van der Waals surface area contributed by atoms with Crippen molar-refractivity contribution in [3.63, 3.8) is 0 Å². The summed E-state index contributed by atoms with van der Waals surface area (Å²) in [6.07, 6.45) is 1.86. The highest BCUT2D eigenvalue weighted by Crippen LogP contribution is 2.28. The molecule has 4 heterocycles. The summed E-state index contributed by atoms with van der Waals surface area (Å²) in [5.74, 6) is 1.64. The van der Waals surface area contributed by atoms with Crippen LogP contribution < -0.4 is 10.2 Å². The van der Waals surface area contributed by atoms with E-state index in [1.165, 1.54) is 0 Å². The number of para-hydroxylation sites is 1. The Labute approximate surface area is 176 Å². The fourth-order valence-corrected chi connectivity index (χ4v) is 4.09. The standard InChI is InChI=1S/C20H18ClN7S/c1-27(2)18-8-15(20-23-9-16(28(20)26-18)12-6-7-29-11-12)22-10-17-24-14-5-3-4-13(21)19(14)25-17/h3-9,11,22H,10H2,1-2H3,(H,24,25). The highest BCUT2D eigenvalue weighted by molar-refractivity contribution is 7.08. The Kier molecular flexibility index (Phi) is 4.37. The van der Waals surface area contributed by atoms with E-state index in [9.17, 15) is 0 Å². The van der Waals surface area contributed by atoms with Gasteiger partial charge in [0.15, 0.2) is 11.5 Å². The van der Waals surface area contributed by atoms with Crippen LogP contribution in [0, 0.1) is 0 Å². The van der Waals surface area contributed by atoms with Crippen LogP contribution in [0.5, 0.6) is 0 Å². The molecule has 0 unspecified atom stereocenters. The number of anilines is 2. The molecule has 9 heteroatoms. The predicted molar refractivity (Wildman–Crippen MR) is 119 cm³/mol. The average Bonchev–Trinajstić information content (AvgIpc) is 3.44. The van der Waals surface area contributed by atoms with E-state index in [-0.39, 0.29) is 0 Å². The van der Waals surface area contributed by atoms with Gasteiger partial charge in [0.2, 0.25) is 0 Å². The van der Waals surface area contributed by atoms with Crippen molar-refractivity contribution in [3.8, 4) is 11.3 Å². The number of hydrogen-bond acceptors (Lipinski definition) is 6. The summed E-state index contributed by atoms with van der Waals surface area (Å²) >= 11 is 7.91. The van der Waals surface area contributed by atoms with Gasteiger partial charge in [-0.25, -0.2) is 14.5 Å². The Morgan fingerprint density at radius 2 is 2.17 bits per heavy atom. The number of aromatic nitrogens is 5. The van der Waals surface area contributed by atoms with Gasteiger partial charge in [-0.2, -0.15) is 11.3 Å². The Morgan fingerprint density at radius 1 is 1.28 bits per heavy atom. The molecule has 1 aromatic carbocycles. The molecule has 0 fully saturated rings. The van der Waals surface area contributed by atoms with Crippen LogP contribution in [0.3, 0.4) is 0 Å². The molecule has 0 aliphatic carbocycles. The van der Waals surface area contributed by atoms with E-state index in [1.54, 1.807) is 11.3 Å². The van der Waals surface area contributed by atoms with Crippen molar-refractivity contribution in [1.82, 2.24) is 24.6 Å². The van der Waals surface area contributed by atoms with Crippen LogP contribution in [0.15, 0.2) is 47.3 Å². The van der Waals surface area contributed by atoms with Crippen molar-refractivity contribution < 1.29 is 0 Å². The number of aromatic amines is 1. The zero-order chi connectivity index (χ0) is 20.0. The smallest absolute Gasteiger partial charge is 0.177 e. The molecule has 0 amide bonds. The summed E-state index contributed by atoms with van der Waals surface area (Å²) in [7, 11) is 3.95. The molecule has 0 saturated carbocycles. The first-order valence-electron chi connectivity index (χ1n) is 9.06. The van der Waals surface area contributed by atoms with Gasteiger partial charge in [0.05, 0.1) is 40.2 Å². The highest BCUT2D eigenvalue weighted by Gasteiger charge is 2.15. The second kappa shape index (κ2) is 7.06. The monoisotopic (exact) mass is 423 g/mol. The minimum Gasteiger partial charge on any atom is -0.375 e. The number of fused-ring (bicyclic) bond motifs is 2. The van der Waals surface area contributed by atoms with E-state index in [4.69, 9.17) is 16.7 Å². The quantitative estimate of drug-likeness (QED) is 0.430. The van der Waals surface area contributed by atoms with Crippen LogP contribution in [0.1, 0.15) is 5.82 Å². The molecular formula is C20H18ClN7S. The van der Waals surface area contributed by atoms with E-state index in [2.05, 4.69) is 37.1 Å². The Hall–Kier alpha value is -3.10. The summed E-state index contributed by atoms with van der Waals surface area (Å²) in [6, 6.07) is 9.76. The lowest BCUT2D eigenvalue weighted by Gasteiger charge is -2.15. The van der Waals surface area contributed by atoms with Gasteiger partial charge in [0.1, 0.15) is 5.82 Å². The van der Waals surface area contributed by atoms with Crippen LogP contribution >= 0.6 is 22.9 Å². The van der Waals surface area contributed by atoms with Crippen molar-refractivity contribution in [3.05, 3.63) is 58.1 Å². The summed E-state index contributed by atoms with van der Waals surface area (Å²) in [5, 5.41) is 13.0. The summed E-state index contributed by atoms with van der Waals surface area (Å²) in [6.45, 7) is 0.512. The first kappa shape index (κ1) is 18.0. The molecule has 0 saturated heterocycles. The van der Waals surface area contributed by atoms with Crippen LogP contribution in [0.4, 0.5) is 11.5 Å².